The average molecular weight is 355 g/mol. The van der Waals surface area contributed by atoms with Crippen molar-refractivity contribution < 1.29 is 24.2 Å². The van der Waals surface area contributed by atoms with Crippen molar-refractivity contribution in [2.45, 2.75) is 38.5 Å². The lowest BCUT2D eigenvalue weighted by atomic mass is 10.1. The second-order valence-electron chi connectivity index (χ2n) is 5.89. The lowest BCUT2D eigenvalue weighted by Crippen LogP contribution is -2.43. The molecule has 0 saturated heterocycles. The highest BCUT2D eigenvalue weighted by molar-refractivity contribution is 7.99. The zero-order chi connectivity index (χ0) is 18.0. The van der Waals surface area contributed by atoms with Gasteiger partial charge in [-0.15, -0.1) is 0 Å². The number of carbonyl (C=O) groups is 2. The average Bonchev–Trinajstić information content (AvgIpc) is 2.56. The Labute approximate surface area is 146 Å². The van der Waals surface area contributed by atoms with Gasteiger partial charge in [0.25, 0.3) is 0 Å². The molecule has 1 rings (SSSR count). The molecule has 0 aliphatic carbocycles. The van der Waals surface area contributed by atoms with Gasteiger partial charge in [0.2, 0.25) is 0 Å². The Bertz CT molecular complexity index is 521. The van der Waals surface area contributed by atoms with Crippen molar-refractivity contribution in [3.05, 3.63) is 35.9 Å². The number of hydrogen-bond donors (Lipinski definition) is 2. The molecule has 2 N–H and O–H groups in total. The van der Waals surface area contributed by atoms with Gasteiger partial charge in [-0.3, -0.25) is 0 Å². The molecule has 1 amide bonds. The third-order valence-corrected chi connectivity index (χ3v) is 4.55. The highest BCUT2D eigenvalue weighted by atomic mass is 32.2. The summed E-state index contributed by atoms with van der Waals surface area (Å²) in [6.45, 7) is 4.05. The van der Waals surface area contributed by atoms with Crippen LogP contribution in [0.15, 0.2) is 30.3 Å². The highest BCUT2D eigenvalue weighted by Gasteiger charge is 2.22. The molecule has 0 fully saturated rings. The minimum atomic E-state index is -1.08. The van der Waals surface area contributed by atoms with E-state index in [9.17, 15) is 14.7 Å². The number of hydrogen-bond acceptors (Lipinski definition) is 5. The van der Waals surface area contributed by atoms with Gasteiger partial charge < -0.3 is 19.9 Å². The van der Waals surface area contributed by atoms with Crippen LogP contribution in [-0.2, 0) is 20.9 Å². The van der Waals surface area contributed by atoms with Crippen molar-refractivity contribution in [3.8, 4) is 0 Å². The van der Waals surface area contributed by atoms with Crippen molar-refractivity contribution in [3.63, 3.8) is 0 Å². The second kappa shape index (κ2) is 10.2. The Kier molecular flexibility index (Phi) is 8.63. The molecular formula is C17H25NO5S. The number of thioether (sulfide) groups is 1. The fourth-order valence-electron chi connectivity index (χ4n) is 1.70. The number of benzene rings is 1. The van der Waals surface area contributed by atoms with Gasteiger partial charge >= 0.3 is 12.1 Å². The fourth-order valence-corrected chi connectivity index (χ4v) is 2.97. The van der Waals surface area contributed by atoms with E-state index in [0.29, 0.717) is 0 Å². The number of alkyl carbamates (subject to hydrolysis) is 1. The lowest BCUT2D eigenvalue weighted by Gasteiger charge is -2.22. The highest BCUT2D eigenvalue weighted by Crippen LogP contribution is 2.17. The van der Waals surface area contributed by atoms with E-state index < -0.39 is 18.1 Å². The number of carbonyl (C=O) groups excluding carboxylic acids is 1. The van der Waals surface area contributed by atoms with Crippen LogP contribution < -0.4 is 5.32 Å². The van der Waals surface area contributed by atoms with Crippen LogP contribution in [0.4, 0.5) is 4.79 Å². The molecule has 0 bridgehead atoms. The number of methoxy groups -OCH3 is 1. The summed E-state index contributed by atoms with van der Waals surface area (Å²) < 4.78 is 10.4. The van der Waals surface area contributed by atoms with Gasteiger partial charge in [-0.25, -0.2) is 9.59 Å². The molecule has 24 heavy (non-hydrogen) atoms. The summed E-state index contributed by atoms with van der Waals surface area (Å²) >= 11 is 1.46. The van der Waals surface area contributed by atoms with E-state index in [1.54, 1.807) is 7.11 Å². The fraction of sp³-hybridized carbons (Fsp3) is 0.529. The van der Waals surface area contributed by atoms with E-state index in [1.807, 2.05) is 44.2 Å². The van der Waals surface area contributed by atoms with Gasteiger partial charge in [-0.1, -0.05) is 30.3 Å². The van der Waals surface area contributed by atoms with Crippen LogP contribution in [0, 0.1) is 0 Å². The maximum atomic E-state index is 11.7. The molecule has 0 radical (unpaired) electrons. The van der Waals surface area contributed by atoms with Crippen LogP contribution in [0.25, 0.3) is 0 Å². The molecule has 0 aliphatic heterocycles. The van der Waals surface area contributed by atoms with Gasteiger partial charge in [-0.2, -0.15) is 11.8 Å². The van der Waals surface area contributed by atoms with Crippen molar-refractivity contribution in [2.24, 2.45) is 0 Å². The van der Waals surface area contributed by atoms with Crippen LogP contribution in [0.1, 0.15) is 25.8 Å². The van der Waals surface area contributed by atoms with E-state index in [1.165, 1.54) is 11.8 Å². The number of aliphatic carboxylic acids is 1. The van der Waals surface area contributed by atoms with Crippen LogP contribution in [0.2, 0.25) is 0 Å². The summed E-state index contributed by atoms with van der Waals surface area (Å²) in [6.07, 6.45) is 0.0583. The van der Waals surface area contributed by atoms with E-state index in [-0.39, 0.29) is 18.0 Å². The maximum Gasteiger partial charge on any atom is 0.408 e. The van der Waals surface area contributed by atoms with Gasteiger partial charge in [0.15, 0.2) is 0 Å². The van der Waals surface area contributed by atoms with Crippen LogP contribution in [0.5, 0.6) is 0 Å². The molecule has 0 saturated carbocycles. The number of ether oxygens (including phenoxy) is 2. The molecule has 0 spiro atoms. The smallest absolute Gasteiger partial charge is 0.408 e. The first kappa shape index (κ1) is 20.3. The van der Waals surface area contributed by atoms with Gasteiger partial charge in [-0.05, 0) is 31.6 Å². The summed E-state index contributed by atoms with van der Waals surface area (Å²) in [4.78, 5) is 23.0. The zero-order valence-corrected chi connectivity index (χ0v) is 15.1. The summed E-state index contributed by atoms with van der Waals surface area (Å²) in [7, 11) is 1.65. The van der Waals surface area contributed by atoms with Crippen molar-refractivity contribution in [1.29, 1.82) is 0 Å². The first-order valence-electron chi connectivity index (χ1n) is 7.67. The van der Waals surface area contributed by atoms with Crippen molar-refractivity contribution in [1.82, 2.24) is 5.32 Å². The number of nitrogens with one attached hydrogen (secondary N) is 1. The maximum absolute atomic E-state index is 11.7. The third-order valence-electron chi connectivity index (χ3n) is 3.49. The summed E-state index contributed by atoms with van der Waals surface area (Å²) in [6, 6.07) is 8.23. The van der Waals surface area contributed by atoms with E-state index >= 15 is 0 Å². The molecule has 7 heteroatoms. The Balaban J connectivity index is 2.34. The van der Waals surface area contributed by atoms with Crippen LogP contribution in [0.3, 0.4) is 0 Å². The monoisotopic (exact) mass is 355 g/mol. The number of carboxylic acid groups (broad SMARTS) is 1. The molecule has 1 atom stereocenters. The minimum Gasteiger partial charge on any atom is -0.480 e. The molecule has 0 aromatic heterocycles. The number of amides is 1. The van der Waals surface area contributed by atoms with Gasteiger partial charge in [0, 0.05) is 12.9 Å². The molecule has 6 nitrogen and oxygen atoms in total. The molecule has 1 aromatic carbocycles. The predicted molar refractivity (Wildman–Crippen MR) is 94.2 cm³/mol. The molecule has 1 aromatic rings. The molecule has 1 unspecified atom stereocenters. The second-order valence-corrected chi connectivity index (χ2v) is 7.04. The minimum absolute atomic E-state index is 0.105. The number of rotatable bonds is 10. The first-order chi connectivity index (χ1) is 11.3. The SMILES string of the molecule is COC(C)(C)CCSCC(NC(=O)OCc1ccccc1)C(=O)O. The standard InChI is InChI=1S/C17H25NO5S/c1-17(2,22-3)9-10-24-12-14(15(19)20)18-16(21)23-11-13-7-5-4-6-8-13/h4-8,14H,9-12H2,1-3H3,(H,18,21)(H,19,20). The van der Waals surface area contributed by atoms with E-state index in [4.69, 9.17) is 9.47 Å². The third kappa shape index (κ3) is 8.21. The normalized spacial score (nSPS) is 12.5. The first-order valence-corrected chi connectivity index (χ1v) is 8.82. The summed E-state index contributed by atoms with van der Waals surface area (Å²) in [5.41, 5.74) is 0.601. The van der Waals surface area contributed by atoms with E-state index in [2.05, 4.69) is 5.32 Å². The van der Waals surface area contributed by atoms with E-state index in [0.717, 1.165) is 17.7 Å². The quantitative estimate of drug-likeness (QED) is 0.628. The molecule has 0 aliphatic rings. The van der Waals surface area contributed by atoms with Crippen molar-refractivity contribution in [2.75, 3.05) is 18.6 Å². The lowest BCUT2D eigenvalue weighted by molar-refractivity contribution is -0.138. The predicted octanol–water partition coefficient (Wildman–Crippen LogP) is 2.91. The Morgan fingerprint density at radius 3 is 2.54 bits per heavy atom. The van der Waals surface area contributed by atoms with Crippen molar-refractivity contribution >= 4 is 23.8 Å². The molecular weight excluding hydrogens is 330 g/mol. The largest absolute Gasteiger partial charge is 0.480 e. The Morgan fingerprint density at radius 1 is 1.29 bits per heavy atom. The topological polar surface area (TPSA) is 84.9 Å². The zero-order valence-electron chi connectivity index (χ0n) is 14.3. The van der Waals surface area contributed by atoms with Gasteiger partial charge in [0.05, 0.1) is 5.60 Å². The van der Waals surface area contributed by atoms with Crippen LogP contribution in [-0.4, -0.2) is 47.4 Å². The Morgan fingerprint density at radius 2 is 1.96 bits per heavy atom. The summed E-state index contributed by atoms with van der Waals surface area (Å²) in [5.74, 6) is -0.0637. The summed E-state index contributed by atoms with van der Waals surface area (Å²) in [5, 5.41) is 11.6. The van der Waals surface area contributed by atoms with Gasteiger partial charge in [0.1, 0.15) is 12.6 Å². The molecule has 134 valence electrons. The Hall–Kier alpha value is -1.73. The van der Waals surface area contributed by atoms with Crippen LogP contribution >= 0.6 is 11.8 Å². The number of carboxylic acids is 1. The molecule has 0 heterocycles.